The number of carbonyl (C=O) groups is 2. The number of ketones is 1. The first-order chi connectivity index (χ1) is 8.58. The zero-order valence-corrected chi connectivity index (χ0v) is 9.82. The van der Waals surface area contributed by atoms with Crippen LogP contribution in [0.15, 0.2) is 30.3 Å². The van der Waals surface area contributed by atoms with E-state index in [4.69, 9.17) is 5.11 Å². The van der Waals surface area contributed by atoms with E-state index in [0.717, 1.165) is 0 Å². The fourth-order valence-corrected chi connectivity index (χ4v) is 2.21. The predicted molar refractivity (Wildman–Crippen MR) is 64.4 cm³/mol. The molecule has 0 aliphatic carbocycles. The molecule has 2 atom stereocenters. The molecule has 5 heteroatoms. The van der Waals surface area contributed by atoms with E-state index in [2.05, 4.69) is 0 Å². The number of likely N-dealkylation sites (tertiary alicyclic amines) is 1. The number of hydrogen-bond donors (Lipinski definition) is 2. The monoisotopic (exact) mass is 249 g/mol. The summed E-state index contributed by atoms with van der Waals surface area (Å²) in [6, 6.07) is 7.97. The molecule has 2 N–H and O–H groups in total. The summed E-state index contributed by atoms with van der Waals surface area (Å²) in [6.07, 6.45) is -0.494. The zero-order chi connectivity index (χ0) is 13.1. The highest BCUT2D eigenvalue weighted by Gasteiger charge is 2.36. The van der Waals surface area contributed by atoms with Crippen LogP contribution in [0, 0.1) is 0 Å². The molecule has 0 radical (unpaired) electrons. The van der Waals surface area contributed by atoms with Crippen LogP contribution < -0.4 is 0 Å². The Hall–Kier alpha value is -1.72. The molecule has 1 aromatic rings. The van der Waals surface area contributed by atoms with Gasteiger partial charge in [-0.2, -0.15) is 0 Å². The highest BCUT2D eigenvalue weighted by atomic mass is 16.4. The van der Waals surface area contributed by atoms with Crippen molar-refractivity contribution in [3.63, 3.8) is 0 Å². The largest absolute Gasteiger partial charge is 0.480 e. The van der Waals surface area contributed by atoms with E-state index in [-0.39, 0.29) is 25.3 Å². The Morgan fingerprint density at radius 1 is 1.28 bits per heavy atom. The van der Waals surface area contributed by atoms with Crippen LogP contribution >= 0.6 is 0 Å². The first-order valence-electron chi connectivity index (χ1n) is 5.81. The van der Waals surface area contributed by atoms with E-state index in [1.165, 1.54) is 4.90 Å². The van der Waals surface area contributed by atoms with Gasteiger partial charge in [0.2, 0.25) is 0 Å². The molecule has 1 saturated heterocycles. The number of carbonyl (C=O) groups excluding carboxylic acids is 1. The lowest BCUT2D eigenvalue weighted by Gasteiger charge is -2.19. The van der Waals surface area contributed by atoms with Gasteiger partial charge in [0.25, 0.3) is 0 Å². The average Bonchev–Trinajstić information content (AvgIpc) is 2.71. The summed E-state index contributed by atoms with van der Waals surface area (Å²) in [5.41, 5.74) is 0.558. The normalized spacial score (nSPS) is 24.1. The summed E-state index contributed by atoms with van der Waals surface area (Å²) in [5, 5.41) is 18.5. The van der Waals surface area contributed by atoms with E-state index in [1.54, 1.807) is 24.3 Å². The molecular formula is C13H15NO4. The summed E-state index contributed by atoms with van der Waals surface area (Å²) in [7, 11) is 0. The van der Waals surface area contributed by atoms with Gasteiger partial charge in [0, 0.05) is 18.5 Å². The maximum absolute atomic E-state index is 12.0. The van der Waals surface area contributed by atoms with Crippen LogP contribution in [0.4, 0.5) is 0 Å². The minimum atomic E-state index is -0.993. The standard InChI is InChI=1S/C13H15NO4/c15-10-6-11(13(17)18)14(7-10)8-12(16)9-4-2-1-3-5-9/h1-5,10-11,15H,6-8H2,(H,17,18)/t10-,11+/m1/s1. The quantitative estimate of drug-likeness (QED) is 0.755. The second-order valence-corrected chi connectivity index (χ2v) is 4.46. The van der Waals surface area contributed by atoms with Crippen molar-refractivity contribution in [2.45, 2.75) is 18.6 Å². The average molecular weight is 249 g/mol. The number of aliphatic hydroxyl groups excluding tert-OH is 1. The van der Waals surface area contributed by atoms with E-state index < -0.39 is 18.1 Å². The highest BCUT2D eigenvalue weighted by Crippen LogP contribution is 2.18. The van der Waals surface area contributed by atoms with Crippen molar-refractivity contribution in [1.82, 2.24) is 4.90 Å². The Kier molecular flexibility index (Phi) is 3.74. The van der Waals surface area contributed by atoms with Crippen LogP contribution in [-0.4, -0.2) is 52.1 Å². The molecule has 1 heterocycles. The molecule has 0 spiro atoms. The van der Waals surface area contributed by atoms with Gasteiger partial charge < -0.3 is 10.2 Å². The molecule has 2 rings (SSSR count). The van der Waals surface area contributed by atoms with E-state index in [1.807, 2.05) is 6.07 Å². The van der Waals surface area contributed by atoms with Gasteiger partial charge in [-0.1, -0.05) is 30.3 Å². The van der Waals surface area contributed by atoms with Crippen molar-refractivity contribution in [2.24, 2.45) is 0 Å². The minimum absolute atomic E-state index is 0.0258. The van der Waals surface area contributed by atoms with Crippen LogP contribution in [0.1, 0.15) is 16.8 Å². The lowest BCUT2D eigenvalue weighted by atomic mass is 10.1. The smallest absolute Gasteiger partial charge is 0.321 e. The topological polar surface area (TPSA) is 77.8 Å². The van der Waals surface area contributed by atoms with Crippen LogP contribution in [0.25, 0.3) is 0 Å². The molecule has 5 nitrogen and oxygen atoms in total. The molecule has 0 unspecified atom stereocenters. The van der Waals surface area contributed by atoms with Gasteiger partial charge in [-0.05, 0) is 0 Å². The van der Waals surface area contributed by atoms with Crippen molar-refractivity contribution in [1.29, 1.82) is 0 Å². The van der Waals surface area contributed by atoms with Crippen LogP contribution in [0.3, 0.4) is 0 Å². The Bertz CT molecular complexity index is 446. The number of nitrogens with zero attached hydrogens (tertiary/aromatic N) is 1. The first kappa shape index (κ1) is 12.7. The number of aliphatic hydroxyl groups is 1. The molecule has 1 aliphatic heterocycles. The number of aliphatic carboxylic acids is 1. The number of rotatable bonds is 4. The number of Topliss-reactive ketones (excluding diaryl/α,β-unsaturated/α-hetero) is 1. The third-order valence-corrected chi connectivity index (χ3v) is 3.11. The van der Waals surface area contributed by atoms with Crippen LogP contribution in [0.2, 0.25) is 0 Å². The van der Waals surface area contributed by atoms with Gasteiger partial charge in [0.1, 0.15) is 6.04 Å². The number of benzene rings is 1. The van der Waals surface area contributed by atoms with Crippen LogP contribution in [0.5, 0.6) is 0 Å². The van der Waals surface area contributed by atoms with Crippen molar-refractivity contribution in [3.8, 4) is 0 Å². The van der Waals surface area contributed by atoms with Gasteiger partial charge in [-0.25, -0.2) is 0 Å². The second kappa shape index (κ2) is 5.29. The first-order valence-corrected chi connectivity index (χ1v) is 5.81. The molecule has 0 saturated carbocycles. The molecule has 0 bridgehead atoms. The number of carboxylic acid groups (broad SMARTS) is 1. The molecule has 1 aromatic carbocycles. The van der Waals surface area contributed by atoms with Gasteiger partial charge >= 0.3 is 5.97 Å². The van der Waals surface area contributed by atoms with Crippen molar-refractivity contribution in [3.05, 3.63) is 35.9 Å². The van der Waals surface area contributed by atoms with Gasteiger partial charge in [0.15, 0.2) is 5.78 Å². The summed E-state index contributed by atoms with van der Waals surface area (Å²) in [4.78, 5) is 24.5. The van der Waals surface area contributed by atoms with Gasteiger partial charge in [0.05, 0.1) is 12.6 Å². The zero-order valence-electron chi connectivity index (χ0n) is 9.82. The lowest BCUT2D eigenvalue weighted by Crippen LogP contribution is -2.39. The minimum Gasteiger partial charge on any atom is -0.480 e. The number of carboxylic acids is 1. The fourth-order valence-electron chi connectivity index (χ4n) is 2.21. The number of hydrogen-bond acceptors (Lipinski definition) is 4. The molecule has 0 aromatic heterocycles. The van der Waals surface area contributed by atoms with Crippen LogP contribution in [-0.2, 0) is 4.79 Å². The second-order valence-electron chi connectivity index (χ2n) is 4.46. The molecule has 96 valence electrons. The molecular weight excluding hydrogens is 234 g/mol. The van der Waals surface area contributed by atoms with Crippen molar-refractivity contribution >= 4 is 11.8 Å². The molecule has 1 aliphatic rings. The number of β-amino-alcohol motifs (C(OH)–C–C–N with tert-alkyl or cyclic N) is 1. The van der Waals surface area contributed by atoms with Crippen molar-refractivity contribution in [2.75, 3.05) is 13.1 Å². The Labute approximate surface area is 105 Å². The Morgan fingerprint density at radius 3 is 2.56 bits per heavy atom. The maximum Gasteiger partial charge on any atom is 0.321 e. The summed E-state index contributed by atoms with van der Waals surface area (Å²) in [6.45, 7) is 0.258. The summed E-state index contributed by atoms with van der Waals surface area (Å²) < 4.78 is 0. The van der Waals surface area contributed by atoms with Gasteiger partial charge in [-0.15, -0.1) is 0 Å². The highest BCUT2D eigenvalue weighted by molar-refractivity contribution is 5.97. The molecule has 18 heavy (non-hydrogen) atoms. The third-order valence-electron chi connectivity index (χ3n) is 3.11. The van der Waals surface area contributed by atoms with Gasteiger partial charge in [-0.3, -0.25) is 14.5 Å². The summed E-state index contributed by atoms with van der Waals surface area (Å²) >= 11 is 0. The fraction of sp³-hybridized carbons (Fsp3) is 0.385. The molecule has 0 amide bonds. The van der Waals surface area contributed by atoms with E-state index >= 15 is 0 Å². The van der Waals surface area contributed by atoms with E-state index in [0.29, 0.717) is 5.56 Å². The Morgan fingerprint density at radius 2 is 1.94 bits per heavy atom. The van der Waals surface area contributed by atoms with Crippen molar-refractivity contribution < 1.29 is 19.8 Å². The summed E-state index contributed by atoms with van der Waals surface area (Å²) in [5.74, 6) is -1.12. The van der Waals surface area contributed by atoms with E-state index in [9.17, 15) is 14.7 Å². The lowest BCUT2D eigenvalue weighted by molar-refractivity contribution is -0.142. The predicted octanol–water partition coefficient (Wildman–Crippen LogP) is 0.389. The molecule has 1 fully saturated rings. The Balaban J connectivity index is 2.05. The third kappa shape index (κ3) is 2.75. The maximum atomic E-state index is 12.0. The SMILES string of the molecule is O=C(CN1C[C@H](O)C[C@H]1C(=O)O)c1ccccc1.